The van der Waals surface area contributed by atoms with Gasteiger partial charge in [0.15, 0.2) is 0 Å². The molecule has 0 saturated carbocycles. The fourth-order valence-electron chi connectivity index (χ4n) is 2.50. The van der Waals surface area contributed by atoms with E-state index < -0.39 is 23.8 Å². The van der Waals surface area contributed by atoms with Gasteiger partial charge in [-0.15, -0.1) is 0 Å². The maximum atomic E-state index is 12.4. The maximum Gasteiger partial charge on any atom is 0.387 e. The van der Waals surface area contributed by atoms with Gasteiger partial charge in [-0.3, -0.25) is 18.7 Å². The monoisotopic (exact) mass is 376 g/mol. The van der Waals surface area contributed by atoms with E-state index in [9.17, 15) is 23.2 Å². The number of alkyl halides is 2. The number of aromatic nitrogens is 3. The number of aryl methyl sites for hydroxylation is 1. The minimum Gasteiger partial charge on any atom is -0.435 e. The molecule has 2 aromatic heterocycles. The van der Waals surface area contributed by atoms with E-state index in [1.54, 1.807) is 0 Å². The highest BCUT2D eigenvalue weighted by atomic mass is 19.3. The normalized spacial score (nSPS) is 11.0. The van der Waals surface area contributed by atoms with Crippen LogP contribution in [0.3, 0.4) is 0 Å². The summed E-state index contributed by atoms with van der Waals surface area (Å²) in [6.45, 7) is -2.94. The molecular weight excluding hydrogens is 362 g/mol. The largest absolute Gasteiger partial charge is 0.435 e. The van der Waals surface area contributed by atoms with Gasteiger partial charge in [0.2, 0.25) is 0 Å². The Kier molecular flexibility index (Phi) is 4.72. The smallest absolute Gasteiger partial charge is 0.387 e. The lowest BCUT2D eigenvalue weighted by Gasteiger charge is -2.09. The lowest BCUT2D eigenvalue weighted by atomic mass is 10.2. The van der Waals surface area contributed by atoms with Gasteiger partial charge < -0.3 is 10.1 Å². The van der Waals surface area contributed by atoms with Crippen molar-refractivity contribution < 1.29 is 18.3 Å². The van der Waals surface area contributed by atoms with Crippen LogP contribution in [0, 0.1) is 0 Å². The summed E-state index contributed by atoms with van der Waals surface area (Å²) < 4.78 is 30.6. The number of nitrogens with zero attached hydrogens (tertiary/aromatic N) is 3. The number of nitrogens with one attached hydrogen (secondary N) is 1. The third-order valence-corrected chi connectivity index (χ3v) is 3.87. The number of carbonyl (C=O) groups is 1. The molecule has 3 aromatic rings. The molecule has 0 atom stereocenters. The number of halogens is 2. The summed E-state index contributed by atoms with van der Waals surface area (Å²) in [6, 6.07) is 8.12. The van der Waals surface area contributed by atoms with Crippen LogP contribution in [0.4, 0.5) is 14.5 Å². The molecule has 10 heteroatoms. The molecule has 1 amide bonds. The molecule has 0 unspecified atom stereocenters. The van der Waals surface area contributed by atoms with Gasteiger partial charge >= 0.3 is 12.3 Å². The first-order valence-electron chi connectivity index (χ1n) is 7.71. The molecule has 2 heterocycles. The number of ether oxygens (including phenoxy) is 1. The van der Waals surface area contributed by atoms with Crippen molar-refractivity contribution in [3.63, 3.8) is 0 Å². The van der Waals surface area contributed by atoms with Crippen LogP contribution in [0.25, 0.3) is 11.0 Å². The lowest BCUT2D eigenvalue weighted by Crippen LogP contribution is -2.37. The zero-order chi connectivity index (χ0) is 19.7. The van der Waals surface area contributed by atoms with Crippen molar-refractivity contribution in [3.8, 4) is 5.75 Å². The Morgan fingerprint density at radius 1 is 1.07 bits per heavy atom. The fourth-order valence-corrected chi connectivity index (χ4v) is 2.50. The predicted octanol–water partition coefficient (Wildman–Crippen LogP) is 1.49. The van der Waals surface area contributed by atoms with Crippen molar-refractivity contribution in [1.29, 1.82) is 0 Å². The summed E-state index contributed by atoms with van der Waals surface area (Å²) in [5.74, 6) is -0.634. The van der Waals surface area contributed by atoms with E-state index in [4.69, 9.17) is 0 Å². The van der Waals surface area contributed by atoms with E-state index in [-0.39, 0.29) is 22.5 Å². The average molecular weight is 376 g/mol. The number of pyridine rings is 1. The Hall–Kier alpha value is -3.56. The number of rotatable bonds is 4. The summed E-state index contributed by atoms with van der Waals surface area (Å²) in [5, 5.41) is 2.75. The molecule has 0 aliphatic carbocycles. The second-order valence-corrected chi connectivity index (χ2v) is 5.63. The second-order valence-electron chi connectivity index (χ2n) is 5.63. The van der Waals surface area contributed by atoms with Gasteiger partial charge in [0, 0.05) is 19.8 Å². The molecular formula is C17H14F2N4O4. The van der Waals surface area contributed by atoms with Gasteiger partial charge in [-0.05, 0) is 36.4 Å². The van der Waals surface area contributed by atoms with Crippen LogP contribution in [0.15, 0.2) is 46.0 Å². The first-order valence-corrected chi connectivity index (χ1v) is 7.71. The van der Waals surface area contributed by atoms with E-state index >= 15 is 0 Å². The highest BCUT2D eigenvalue weighted by Crippen LogP contribution is 2.18. The SMILES string of the molecule is Cn1c(=O)c2ccc(C(=O)Nc3ccc(OC(F)F)cc3)nc2n(C)c1=O. The molecule has 1 aromatic carbocycles. The van der Waals surface area contributed by atoms with Gasteiger partial charge in [0.25, 0.3) is 11.5 Å². The van der Waals surface area contributed by atoms with Crippen LogP contribution in [-0.4, -0.2) is 26.6 Å². The third kappa shape index (κ3) is 3.54. The van der Waals surface area contributed by atoms with E-state index in [0.29, 0.717) is 5.69 Å². The quantitative estimate of drug-likeness (QED) is 0.744. The Labute approximate surface area is 150 Å². The fraction of sp³-hybridized carbons (Fsp3) is 0.176. The number of hydrogen-bond donors (Lipinski definition) is 1. The summed E-state index contributed by atoms with van der Waals surface area (Å²) in [5.41, 5.74) is -0.675. The molecule has 3 rings (SSSR count). The molecule has 8 nitrogen and oxygen atoms in total. The zero-order valence-electron chi connectivity index (χ0n) is 14.3. The van der Waals surface area contributed by atoms with Crippen LogP contribution < -0.4 is 21.3 Å². The molecule has 0 bridgehead atoms. The number of benzene rings is 1. The molecule has 0 radical (unpaired) electrons. The van der Waals surface area contributed by atoms with Gasteiger partial charge in [-0.2, -0.15) is 8.78 Å². The highest BCUT2D eigenvalue weighted by Gasteiger charge is 2.14. The standard InChI is InChI=1S/C17H14F2N4O4/c1-22-13-11(15(25)23(2)17(22)26)7-8-12(21-13)14(24)20-9-3-5-10(6-4-9)27-16(18)19/h3-8,16H,1-2H3,(H,20,24). The molecule has 27 heavy (non-hydrogen) atoms. The Balaban J connectivity index is 1.90. The topological polar surface area (TPSA) is 95.2 Å². The second kappa shape index (κ2) is 6.98. The minimum atomic E-state index is -2.94. The van der Waals surface area contributed by atoms with Gasteiger partial charge in [-0.1, -0.05) is 0 Å². The molecule has 0 aliphatic rings. The van der Waals surface area contributed by atoms with Crippen molar-refractivity contribution in [3.05, 3.63) is 62.9 Å². The number of hydrogen-bond acceptors (Lipinski definition) is 5. The molecule has 140 valence electrons. The van der Waals surface area contributed by atoms with Crippen LogP contribution in [-0.2, 0) is 14.1 Å². The highest BCUT2D eigenvalue weighted by molar-refractivity contribution is 6.03. The number of carbonyl (C=O) groups excluding carboxylic acids is 1. The number of fused-ring (bicyclic) bond motifs is 1. The molecule has 1 N–H and O–H groups in total. The van der Waals surface area contributed by atoms with Crippen LogP contribution in [0.1, 0.15) is 10.5 Å². The van der Waals surface area contributed by atoms with E-state index in [0.717, 1.165) is 4.57 Å². The van der Waals surface area contributed by atoms with Crippen LogP contribution >= 0.6 is 0 Å². The Morgan fingerprint density at radius 2 is 1.74 bits per heavy atom. The summed E-state index contributed by atoms with van der Waals surface area (Å²) in [6.07, 6.45) is 0. The zero-order valence-corrected chi connectivity index (χ0v) is 14.3. The van der Waals surface area contributed by atoms with Crippen molar-refractivity contribution in [2.45, 2.75) is 6.61 Å². The van der Waals surface area contributed by atoms with E-state index in [1.165, 1.54) is 55.1 Å². The maximum absolute atomic E-state index is 12.4. The average Bonchev–Trinajstić information content (AvgIpc) is 2.65. The van der Waals surface area contributed by atoms with Crippen molar-refractivity contribution in [2.24, 2.45) is 14.1 Å². The van der Waals surface area contributed by atoms with E-state index in [1.807, 2.05) is 0 Å². The van der Waals surface area contributed by atoms with E-state index in [2.05, 4.69) is 15.0 Å². The van der Waals surface area contributed by atoms with Gasteiger partial charge in [0.1, 0.15) is 17.1 Å². The predicted molar refractivity (Wildman–Crippen MR) is 93.3 cm³/mol. The van der Waals surface area contributed by atoms with Crippen molar-refractivity contribution >= 4 is 22.6 Å². The Morgan fingerprint density at radius 3 is 2.37 bits per heavy atom. The van der Waals surface area contributed by atoms with Gasteiger partial charge in [0.05, 0.1) is 5.39 Å². The van der Waals surface area contributed by atoms with Crippen LogP contribution in [0.2, 0.25) is 0 Å². The summed E-state index contributed by atoms with van der Waals surface area (Å²) in [7, 11) is 2.80. The molecule has 0 aliphatic heterocycles. The van der Waals surface area contributed by atoms with Crippen LogP contribution in [0.5, 0.6) is 5.75 Å². The number of anilines is 1. The number of amides is 1. The van der Waals surface area contributed by atoms with Crippen molar-refractivity contribution in [2.75, 3.05) is 5.32 Å². The molecule has 0 fully saturated rings. The summed E-state index contributed by atoms with van der Waals surface area (Å²) >= 11 is 0. The first-order chi connectivity index (χ1) is 12.8. The van der Waals surface area contributed by atoms with Gasteiger partial charge in [-0.25, -0.2) is 9.78 Å². The lowest BCUT2D eigenvalue weighted by molar-refractivity contribution is -0.0498. The third-order valence-electron chi connectivity index (χ3n) is 3.87. The first kappa shape index (κ1) is 18.2. The summed E-state index contributed by atoms with van der Waals surface area (Å²) in [4.78, 5) is 40.6. The van der Waals surface area contributed by atoms with Crippen molar-refractivity contribution in [1.82, 2.24) is 14.1 Å². The molecule has 0 spiro atoms. The minimum absolute atomic E-state index is 0.0151. The molecule has 0 saturated heterocycles. The Bertz CT molecular complexity index is 1140.